The Morgan fingerprint density at radius 1 is 1.00 bits per heavy atom. The molecule has 0 nitrogen and oxygen atoms in total. The second-order valence-corrected chi connectivity index (χ2v) is 4.62. The molecule has 20 valence electrons. The molecule has 0 aromatic carbocycles. The molecule has 1 rings (SSSR count). The SMILES string of the molecule is C1=C[SiH]=[SiH]1. The normalized spacial score (nSPS) is 16.0. The molecular formula is C2H4Si2. The molecule has 1 aliphatic heterocycles. The largest absolute Gasteiger partial charge is 0.0896 e. The smallest absolute Gasteiger partial charge is 0.000625 e. The fraction of sp³-hybridized carbons (Fsp3) is 0. The molecule has 1 heterocycles. The fourth-order valence-corrected chi connectivity index (χ4v) is 1.00. The zero-order chi connectivity index (χ0) is 2.83. The van der Waals surface area contributed by atoms with Gasteiger partial charge in [0.2, 0.25) is 0 Å². The van der Waals surface area contributed by atoms with Crippen LogP contribution in [-0.2, 0) is 0 Å². The van der Waals surface area contributed by atoms with E-state index in [4.69, 9.17) is 0 Å². The first kappa shape index (κ1) is 2.41. The summed E-state index contributed by atoms with van der Waals surface area (Å²) >= 11 is 0. The summed E-state index contributed by atoms with van der Waals surface area (Å²) in [7, 11) is 1.73. The van der Waals surface area contributed by atoms with Crippen molar-refractivity contribution < 1.29 is 0 Å². The molecule has 2 heteroatoms. The predicted molar refractivity (Wildman–Crippen MR) is 23.4 cm³/mol. The van der Waals surface area contributed by atoms with Gasteiger partial charge in [0.1, 0.15) is 0 Å². The van der Waals surface area contributed by atoms with E-state index in [0.717, 1.165) is 17.2 Å². The summed E-state index contributed by atoms with van der Waals surface area (Å²) in [4.78, 5) is 0. The quantitative estimate of drug-likeness (QED) is 0.339. The van der Waals surface area contributed by atoms with Gasteiger partial charge in [0.25, 0.3) is 0 Å². The summed E-state index contributed by atoms with van der Waals surface area (Å²) in [5.41, 5.74) is 4.60. The Morgan fingerprint density at radius 2 is 1.25 bits per heavy atom. The van der Waals surface area contributed by atoms with Crippen molar-refractivity contribution >= 4 is 17.2 Å². The van der Waals surface area contributed by atoms with E-state index in [1.807, 2.05) is 0 Å². The Labute approximate surface area is 29.5 Å². The van der Waals surface area contributed by atoms with Gasteiger partial charge in [0.15, 0.2) is 0 Å². The lowest BCUT2D eigenvalue weighted by molar-refractivity contribution is 2.43. The highest BCUT2D eigenvalue weighted by atomic mass is 28.9. The second kappa shape index (κ2) is 0.861. The minimum Gasteiger partial charge on any atom is -0.0896 e. The van der Waals surface area contributed by atoms with Gasteiger partial charge in [-0.15, -0.1) is 0 Å². The van der Waals surface area contributed by atoms with Gasteiger partial charge >= 0.3 is 0 Å². The van der Waals surface area contributed by atoms with Crippen molar-refractivity contribution in [2.45, 2.75) is 0 Å². The predicted octanol–water partition coefficient (Wildman–Crippen LogP) is -0.741. The third kappa shape index (κ3) is 0.172. The maximum Gasteiger partial charge on any atom is -0.000625 e. The Morgan fingerprint density at radius 3 is 1.25 bits per heavy atom. The monoisotopic (exact) mass is 84.0 g/mol. The van der Waals surface area contributed by atoms with Crippen molar-refractivity contribution in [3.8, 4) is 0 Å². The van der Waals surface area contributed by atoms with E-state index in [1.165, 1.54) is 0 Å². The van der Waals surface area contributed by atoms with Crippen molar-refractivity contribution in [1.82, 2.24) is 0 Å². The van der Waals surface area contributed by atoms with Gasteiger partial charge in [0, 0.05) is 0 Å². The van der Waals surface area contributed by atoms with Crippen LogP contribution in [0.25, 0.3) is 0 Å². The lowest BCUT2D eigenvalue weighted by Gasteiger charge is -1.75. The Hall–Kier alpha value is 0.174. The summed E-state index contributed by atoms with van der Waals surface area (Å²) < 4.78 is 0. The van der Waals surface area contributed by atoms with Gasteiger partial charge in [-0.3, -0.25) is 0 Å². The van der Waals surface area contributed by atoms with Crippen molar-refractivity contribution in [3.05, 3.63) is 11.4 Å². The van der Waals surface area contributed by atoms with Crippen LogP contribution in [0.15, 0.2) is 11.4 Å². The van der Waals surface area contributed by atoms with Crippen molar-refractivity contribution in [3.63, 3.8) is 0 Å². The average molecular weight is 84.2 g/mol. The third-order valence-electron chi connectivity index (χ3n) is 0.444. The zero-order valence-electron chi connectivity index (χ0n) is 2.31. The van der Waals surface area contributed by atoms with Gasteiger partial charge in [-0.2, -0.15) is 0 Å². The number of hydrogen-bond donors (Lipinski definition) is 0. The summed E-state index contributed by atoms with van der Waals surface area (Å²) in [6.07, 6.45) is 0. The standard InChI is InChI=1S/C2H4Si2/c1-2-4-3-1/h1-4H. The highest BCUT2D eigenvalue weighted by Gasteiger charge is 1.66. The minimum absolute atomic E-state index is 0.866. The van der Waals surface area contributed by atoms with E-state index in [2.05, 4.69) is 11.4 Å². The van der Waals surface area contributed by atoms with Crippen LogP contribution in [0.3, 0.4) is 0 Å². The van der Waals surface area contributed by atoms with E-state index in [9.17, 15) is 0 Å². The third-order valence-corrected chi connectivity index (χ3v) is 4.00. The molecule has 1 aliphatic rings. The van der Waals surface area contributed by atoms with E-state index >= 15 is 0 Å². The van der Waals surface area contributed by atoms with Crippen LogP contribution < -0.4 is 0 Å². The highest BCUT2D eigenvalue weighted by molar-refractivity contribution is 6.84. The summed E-state index contributed by atoms with van der Waals surface area (Å²) in [6.45, 7) is 0. The summed E-state index contributed by atoms with van der Waals surface area (Å²) in [5.74, 6) is 0. The molecule has 0 saturated heterocycles. The first-order chi connectivity index (χ1) is 2.00. The highest BCUT2D eigenvalue weighted by Crippen LogP contribution is 1.63. The van der Waals surface area contributed by atoms with Crippen molar-refractivity contribution in [2.24, 2.45) is 0 Å². The molecule has 0 atom stereocenters. The van der Waals surface area contributed by atoms with Gasteiger partial charge in [0.05, 0.1) is 0 Å². The molecule has 0 spiro atoms. The van der Waals surface area contributed by atoms with Crippen LogP contribution >= 0.6 is 0 Å². The van der Waals surface area contributed by atoms with E-state index in [0.29, 0.717) is 0 Å². The van der Waals surface area contributed by atoms with Gasteiger partial charge < -0.3 is 0 Å². The first-order valence-corrected chi connectivity index (χ1v) is 5.33. The fourth-order valence-electron chi connectivity index (χ4n) is 0.111. The van der Waals surface area contributed by atoms with Crippen molar-refractivity contribution in [1.29, 1.82) is 0 Å². The van der Waals surface area contributed by atoms with Crippen molar-refractivity contribution in [2.75, 3.05) is 0 Å². The maximum absolute atomic E-state index is 2.30. The first-order valence-electron chi connectivity index (χ1n) is 1.33. The van der Waals surface area contributed by atoms with Gasteiger partial charge in [-0.25, -0.2) is 0 Å². The van der Waals surface area contributed by atoms with Gasteiger partial charge in [-0.05, 0) is 17.2 Å². The number of hydrogen-bond acceptors (Lipinski definition) is 0. The average Bonchev–Trinajstić information content (AvgIpc) is 0.722. The molecule has 0 aromatic rings. The molecule has 0 N–H and O–H groups in total. The Balaban J connectivity index is 2.67. The molecule has 0 fully saturated rings. The molecule has 0 radical (unpaired) electrons. The lowest BCUT2D eigenvalue weighted by atomic mass is 11.2. The second-order valence-electron chi connectivity index (χ2n) is 0.770. The zero-order valence-corrected chi connectivity index (χ0v) is 4.62. The van der Waals surface area contributed by atoms with Gasteiger partial charge in [-0.1, -0.05) is 11.4 Å². The Kier molecular flexibility index (Phi) is 0.519. The van der Waals surface area contributed by atoms with E-state index in [-0.39, 0.29) is 0 Å². The van der Waals surface area contributed by atoms with E-state index in [1.54, 1.807) is 0 Å². The molecule has 0 unspecified atom stereocenters. The van der Waals surface area contributed by atoms with Crippen LogP contribution in [-0.4, -0.2) is 17.2 Å². The topological polar surface area (TPSA) is 0 Å². The molecule has 0 amide bonds. The van der Waals surface area contributed by atoms with Crippen LogP contribution in [0, 0.1) is 0 Å². The van der Waals surface area contributed by atoms with Crippen LogP contribution in [0.2, 0.25) is 0 Å². The molecule has 0 aromatic heterocycles. The Bertz CT molecular complexity index is 44.4. The van der Waals surface area contributed by atoms with Crippen LogP contribution in [0.1, 0.15) is 0 Å². The lowest BCUT2D eigenvalue weighted by Crippen LogP contribution is -1.85. The van der Waals surface area contributed by atoms with E-state index < -0.39 is 0 Å². The molecular weight excluding hydrogens is 80.2 g/mol. The maximum atomic E-state index is 2.30. The minimum atomic E-state index is 0.866. The number of rotatable bonds is 0. The molecule has 4 heavy (non-hydrogen) atoms. The van der Waals surface area contributed by atoms with Crippen LogP contribution in [0.4, 0.5) is 0 Å². The summed E-state index contributed by atoms with van der Waals surface area (Å²) in [5, 5.41) is 0. The summed E-state index contributed by atoms with van der Waals surface area (Å²) in [6, 6.07) is 0. The molecule has 0 saturated carbocycles. The molecule has 0 aliphatic carbocycles. The molecule has 0 bridgehead atoms. The van der Waals surface area contributed by atoms with Crippen LogP contribution in [0.5, 0.6) is 0 Å².